The Morgan fingerprint density at radius 1 is 0.960 bits per heavy atom. The molecular formula is C38H36F5N5O2. The summed E-state index contributed by atoms with van der Waals surface area (Å²) in [5.74, 6) is -2.94. The van der Waals surface area contributed by atoms with Gasteiger partial charge in [-0.25, -0.2) is 22.0 Å². The van der Waals surface area contributed by atoms with E-state index in [1.165, 1.54) is 24.3 Å². The van der Waals surface area contributed by atoms with Crippen molar-refractivity contribution in [3.05, 3.63) is 53.3 Å². The number of phenols is 1. The van der Waals surface area contributed by atoms with Gasteiger partial charge in [0.2, 0.25) is 0 Å². The Balaban J connectivity index is 1.12. The molecule has 4 atom stereocenters. The number of halogens is 5. The van der Waals surface area contributed by atoms with E-state index in [2.05, 4.69) is 21.1 Å². The highest BCUT2D eigenvalue weighted by Gasteiger charge is 2.54. The first-order valence-corrected chi connectivity index (χ1v) is 17.4. The van der Waals surface area contributed by atoms with E-state index in [1.54, 1.807) is 0 Å². The monoisotopic (exact) mass is 689 g/mol. The van der Waals surface area contributed by atoms with Crippen LogP contribution in [0.25, 0.3) is 32.8 Å². The number of terminal acetylenes is 1. The second-order valence-corrected chi connectivity index (χ2v) is 15.1. The van der Waals surface area contributed by atoms with E-state index in [1.807, 2.05) is 4.90 Å². The zero-order valence-corrected chi connectivity index (χ0v) is 27.3. The van der Waals surface area contributed by atoms with E-state index in [-0.39, 0.29) is 88.2 Å². The molecule has 12 heteroatoms. The minimum absolute atomic E-state index is 0.0645. The van der Waals surface area contributed by atoms with Gasteiger partial charge in [-0.1, -0.05) is 12.0 Å². The van der Waals surface area contributed by atoms with Gasteiger partial charge in [0.15, 0.2) is 5.82 Å². The van der Waals surface area contributed by atoms with Gasteiger partial charge < -0.3 is 20.1 Å². The molecule has 2 N–H and O–H groups in total. The second kappa shape index (κ2) is 11.4. The van der Waals surface area contributed by atoms with Crippen molar-refractivity contribution in [2.75, 3.05) is 31.1 Å². The first-order chi connectivity index (χ1) is 24.0. The minimum Gasteiger partial charge on any atom is -0.508 e. The molecule has 5 heterocycles. The lowest BCUT2D eigenvalue weighted by Crippen LogP contribution is -2.51. The number of aromatic nitrogens is 2. The molecule has 5 fully saturated rings. The normalized spacial score (nSPS) is 26.4. The number of hydrogen-bond acceptors (Lipinski definition) is 7. The van der Waals surface area contributed by atoms with E-state index in [4.69, 9.17) is 16.1 Å². The van der Waals surface area contributed by atoms with E-state index in [0.29, 0.717) is 30.8 Å². The molecule has 1 saturated carbocycles. The zero-order chi connectivity index (χ0) is 34.5. The van der Waals surface area contributed by atoms with Crippen LogP contribution in [0.4, 0.5) is 27.8 Å². The molecule has 260 valence electrons. The second-order valence-electron chi connectivity index (χ2n) is 15.1. The average molecular weight is 690 g/mol. The molecule has 4 aromatic rings. The molecule has 50 heavy (non-hydrogen) atoms. The maximum atomic E-state index is 16.9. The van der Waals surface area contributed by atoms with Crippen molar-refractivity contribution < 1.29 is 31.8 Å². The number of hydrogen-bond donors (Lipinski definition) is 2. The van der Waals surface area contributed by atoms with Crippen LogP contribution in [0, 0.1) is 35.2 Å². The molecule has 9 rings (SSSR count). The summed E-state index contributed by atoms with van der Waals surface area (Å²) in [6, 6.07) is 6.31. The summed E-state index contributed by atoms with van der Waals surface area (Å²) in [6.07, 6.45) is 10.6. The van der Waals surface area contributed by atoms with Crippen molar-refractivity contribution in [1.29, 1.82) is 0 Å². The van der Waals surface area contributed by atoms with E-state index in [0.717, 1.165) is 44.6 Å². The fourth-order valence-electron chi connectivity index (χ4n) is 9.06. The third-order valence-corrected chi connectivity index (χ3v) is 11.6. The zero-order valence-electron chi connectivity index (χ0n) is 27.3. The number of piperidine rings is 1. The van der Waals surface area contributed by atoms with Crippen LogP contribution in [-0.4, -0.2) is 76.3 Å². The molecule has 1 aliphatic carbocycles. The van der Waals surface area contributed by atoms with Crippen LogP contribution in [0.15, 0.2) is 30.3 Å². The molecule has 4 unspecified atom stereocenters. The number of ether oxygens (including phenoxy) is 1. The van der Waals surface area contributed by atoms with Crippen molar-refractivity contribution in [3.63, 3.8) is 0 Å². The molecule has 1 aromatic heterocycles. The summed E-state index contributed by atoms with van der Waals surface area (Å²) in [7, 11) is 0. The molecule has 4 bridgehead atoms. The van der Waals surface area contributed by atoms with E-state index < -0.39 is 28.9 Å². The molecule has 0 radical (unpaired) electrons. The first-order valence-electron chi connectivity index (χ1n) is 17.4. The first kappa shape index (κ1) is 31.7. The van der Waals surface area contributed by atoms with Crippen molar-refractivity contribution in [1.82, 2.24) is 20.2 Å². The number of nitrogens with one attached hydrogen (secondary N) is 1. The van der Waals surface area contributed by atoms with Gasteiger partial charge in [-0.15, -0.1) is 6.42 Å². The lowest BCUT2D eigenvalue weighted by Gasteiger charge is -2.40. The van der Waals surface area contributed by atoms with Crippen LogP contribution >= 0.6 is 0 Å². The molecule has 0 spiro atoms. The van der Waals surface area contributed by atoms with Gasteiger partial charge in [0.25, 0.3) is 5.92 Å². The lowest BCUT2D eigenvalue weighted by atomic mass is 9.92. The Morgan fingerprint density at radius 2 is 1.68 bits per heavy atom. The summed E-state index contributed by atoms with van der Waals surface area (Å²) in [5.41, 5.74) is -1.22. The van der Waals surface area contributed by atoms with Crippen LogP contribution in [0.3, 0.4) is 0 Å². The minimum atomic E-state index is -2.63. The van der Waals surface area contributed by atoms with Crippen LogP contribution < -0.4 is 15.0 Å². The van der Waals surface area contributed by atoms with Gasteiger partial charge in [0.1, 0.15) is 28.7 Å². The molecule has 4 aliphatic heterocycles. The Labute approximate surface area is 285 Å². The largest absolute Gasteiger partial charge is 0.508 e. The molecule has 4 saturated heterocycles. The number of phenolic OH excluding ortho intramolecular Hbond substituents is 1. The van der Waals surface area contributed by atoms with E-state index in [9.17, 15) is 18.3 Å². The van der Waals surface area contributed by atoms with Gasteiger partial charge in [-0.2, -0.15) is 9.97 Å². The molecule has 7 nitrogen and oxygen atoms in total. The Morgan fingerprint density at radius 3 is 2.36 bits per heavy atom. The molecular weight excluding hydrogens is 653 g/mol. The van der Waals surface area contributed by atoms with Gasteiger partial charge in [-0.05, 0) is 68.2 Å². The Hall–Kier alpha value is -4.21. The third kappa shape index (κ3) is 5.32. The SMILES string of the molecule is C#Cc1c(F)ccc2cc(O)cc(-c3c(F)cc4c(N5CC6CCC(C5)N6)nc(OCC5(CN6C7CCC6CC(F)(F)C7)CC5)nc4c3F)c12. The van der Waals surface area contributed by atoms with Crippen LogP contribution in [-0.2, 0) is 0 Å². The predicted molar refractivity (Wildman–Crippen MR) is 179 cm³/mol. The summed E-state index contributed by atoms with van der Waals surface area (Å²) < 4.78 is 83.0. The fraction of sp³-hybridized carbons (Fsp3) is 0.474. The van der Waals surface area contributed by atoms with Crippen LogP contribution in [0.2, 0.25) is 0 Å². The lowest BCUT2D eigenvalue weighted by molar-refractivity contribution is -0.0876. The number of nitrogens with zero attached hydrogens (tertiary/aromatic N) is 4. The Bertz CT molecular complexity index is 2070. The number of aromatic hydroxyl groups is 1. The van der Waals surface area contributed by atoms with Crippen molar-refractivity contribution in [2.45, 2.75) is 81.5 Å². The molecule has 0 amide bonds. The topological polar surface area (TPSA) is 73.8 Å². The number of rotatable bonds is 7. The fourth-order valence-corrected chi connectivity index (χ4v) is 9.06. The van der Waals surface area contributed by atoms with Gasteiger partial charge >= 0.3 is 6.01 Å². The van der Waals surface area contributed by atoms with Crippen molar-refractivity contribution in [2.24, 2.45) is 5.41 Å². The van der Waals surface area contributed by atoms with E-state index >= 15 is 8.78 Å². The number of piperazine rings is 1. The summed E-state index contributed by atoms with van der Waals surface area (Å²) in [5, 5.41) is 14.7. The van der Waals surface area contributed by atoms with Crippen LogP contribution in [0.5, 0.6) is 11.8 Å². The predicted octanol–water partition coefficient (Wildman–Crippen LogP) is 6.92. The Kier molecular flexibility index (Phi) is 7.24. The number of alkyl halides is 2. The maximum Gasteiger partial charge on any atom is 0.319 e. The third-order valence-electron chi connectivity index (χ3n) is 11.6. The van der Waals surface area contributed by atoms with Gasteiger partial charge in [-0.3, -0.25) is 4.90 Å². The summed E-state index contributed by atoms with van der Waals surface area (Å²) in [6.45, 7) is 2.04. The smallest absolute Gasteiger partial charge is 0.319 e. The standard InChI is InChI=1S/C38H36F5N5O2/c1-2-26-29(39)8-3-20-11-25(49)12-27(31(20)26)32-30(40)13-28-34(33(32)41)45-36(46-35(28)47-16-21-4-5-22(17-47)44-21)50-19-37(9-10-37)18-48-23-6-7-24(48)15-38(42,43)14-23/h1,3,8,11-13,21-24,44,49H,4-7,9-10,14-19H2. The number of benzene rings is 3. The van der Waals surface area contributed by atoms with Crippen molar-refractivity contribution >= 4 is 27.5 Å². The van der Waals surface area contributed by atoms with Crippen molar-refractivity contribution in [3.8, 4) is 35.2 Å². The summed E-state index contributed by atoms with van der Waals surface area (Å²) in [4.78, 5) is 13.5. The maximum absolute atomic E-state index is 16.9. The number of anilines is 1. The molecule has 5 aliphatic rings. The highest BCUT2D eigenvalue weighted by Crippen LogP contribution is 2.51. The average Bonchev–Trinajstić information content (AvgIpc) is 3.70. The highest BCUT2D eigenvalue weighted by atomic mass is 19.3. The highest BCUT2D eigenvalue weighted by molar-refractivity contribution is 6.04. The van der Waals surface area contributed by atoms with Gasteiger partial charge in [0, 0.05) is 78.4 Å². The van der Waals surface area contributed by atoms with Gasteiger partial charge in [0.05, 0.1) is 17.7 Å². The molecule has 3 aromatic carbocycles. The summed E-state index contributed by atoms with van der Waals surface area (Å²) >= 11 is 0. The van der Waals surface area contributed by atoms with Crippen LogP contribution in [0.1, 0.15) is 56.9 Å². The quantitative estimate of drug-likeness (QED) is 0.161. The number of fused-ring (bicyclic) bond motifs is 6.